The average molecular weight is 196 g/mol. The molecule has 2 heteroatoms. The van der Waals surface area contributed by atoms with E-state index in [1.54, 1.807) is 13.0 Å². The molecule has 0 unspecified atom stereocenters. The highest BCUT2D eigenvalue weighted by molar-refractivity contribution is 5.87. The SMILES string of the molecule is C/C=C(\C)C(=O)OC/C=C/CCCC. The quantitative estimate of drug-likeness (QED) is 0.282. The van der Waals surface area contributed by atoms with Gasteiger partial charge in [0.25, 0.3) is 0 Å². The molecule has 14 heavy (non-hydrogen) atoms. The van der Waals surface area contributed by atoms with Crippen molar-refractivity contribution < 1.29 is 9.53 Å². The summed E-state index contributed by atoms with van der Waals surface area (Å²) < 4.78 is 4.98. The standard InChI is InChI=1S/C12H20O2/c1-4-6-7-8-9-10-14-12(13)11(3)5-2/h5,8-9H,4,6-7,10H2,1-3H3/b9-8+,11-5+. The monoisotopic (exact) mass is 196 g/mol. The van der Waals surface area contributed by atoms with Crippen molar-refractivity contribution in [1.29, 1.82) is 0 Å². The Hall–Kier alpha value is -1.05. The van der Waals surface area contributed by atoms with Crippen LogP contribution in [0.2, 0.25) is 0 Å². The summed E-state index contributed by atoms with van der Waals surface area (Å²) in [6.45, 7) is 6.12. The number of carbonyl (C=O) groups excluding carboxylic acids is 1. The van der Waals surface area contributed by atoms with Crippen molar-refractivity contribution in [2.24, 2.45) is 0 Å². The molecule has 0 spiro atoms. The Morgan fingerprint density at radius 2 is 2.07 bits per heavy atom. The van der Waals surface area contributed by atoms with Crippen LogP contribution in [0.4, 0.5) is 0 Å². The Morgan fingerprint density at radius 1 is 1.36 bits per heavy atom. The summed E-state index contributed by atoms with van der Waals surface area (Å²) >= 11 is 0. The Kier molecular flexibility index (Phi) is 7.90. The van der Waals surface area contributed by atoms with Crippen LogP contribution in [-0.4, -0.2) is 12.6 Å². The summed E-state index contributed by atoms with van der Waals surface area (Å²) in [5, 5.41) is 0. The number of unbranched alkanes of at least 4 members (excludes halogenated alkanes) is 2. The number of ether oxygens (including phenoxy) is 1. The summed E-state index contributed by atoms with van der Waals surface area (Å²) in [6, 6.07) is 0. The van der Waals surface area contributed by atoms with Crippen LogP contribution in [0.1, 0.15) is 40.0 Å². The number of allylic oxidation sites excluding steroid dienone is 2. The van der Waals surface area contributed by atoms with Crippen molar-refractivity contribution in [2.45, 2.75) is 40.0 Å². The predicted octanol–water partition coefficient (Wildman–Crippen LogP) is 3.24. The third-order valence-corrected chi connectivity index (χ3v) is 1.96. The van der Waals surface area contributed by atoms with Gasteiger partial charge in [0.1, 0.15) is 6.61 Å². The van der Waals surface area contributed by atoms with Gasteiger partial charge in [0.15, 0.2) is 0 Å². The van der Waals surface area contributed by atoms with Crippen molar-refractivity contribution in [3.63, 3.8) is 0 Å². The van der Waals surface area contributed by atoms with Gasteiger partial charge in [-0.15, -0.1) is 0 Å². The first-order chi connectivity index (χ1) is 6.72. The van der Waals surface area contributed by atoms with E-state index in [1.807, 2.05) is 13.0 Å². The minimum atomic E-state index is -0.229. The van der Waals surface area contributed by atoms with Crippen LogP contribution in [0, 0.1) is 0 Å². The summed E-state index contributed by atoms with van der Waals surface area (Å²) in [5.74, 6) is -0.229. The fourth-order valence-electron chi connectivity index (χ4n) is 0.863. The Balaban J connectivity index is 3.54. The third kappa shape index (κ3) is 6.46. The average Bonchev–Trinajstić information content (AvgIpc) is 2.21. The normalized spacial score (nSPS) is 12.1. The highest BCUT2D eigenvalue weighted by atomic mass is 16.5. The first-order valence-corrected chi connectivity index (χ1v) is 5.17. The number of hydrogen-bond donors (Lipinski definition) is 0. The topological polar surface area (TPSA) is 26.3 Å². The summed E-state index contributed by atoms with van der Waals surface area (Å²) in [7, 11) is 0. The number of carbonyl (C=O) groups is 1. The van der Waals surface area contributed by atoms with E-state index in [9.17, 15) is 4.79 Å². The molecule has 0 saturated heterocycles. The van der Waals surface area contributed by atoms with E-state index in [0.717, 1.165) is 6.42 Å². The van der Waals surface area contributed by atoms with Gasteiger partial charge in [-0.3, -0.25) is 0 Å². The van der Waals surface area contributed by atoms with Crippen molar-refractivity contribution in [3.8, 4) is 0 Å². The van der Waals surface area contributed by atoms with Gasteiger partial charge >= 0.3 is 5.97 Å². The maximum Gasteiger partial charge on any atom is 0.333 e. The molecule has 0 saturated carbocycles. The van der Waals surface area contributed by atoms with Gasteiger partial charge in [-0.2, -0.15) is 0 Å². The van der Waals surface area contributed by atoms with Crippen LogP contribution in [0.5, 0.6) is 0 Å². The van der Waals surface area contributed by atoms with E-state index in [2.05, 4.69) is 13.0 Å². The molecule has 0 N–H and O–H groups in total. The first-order valence-electron chi connectivity index (χ1n) is 5.17. The summed E-state index contributed by atoms with van der Waals surface area (Å²) in [6.07, 6.45) is 9.16. The number of hydrogen-bond acceptors (Lipinski definition) is 2. The molecule has 0 fully saturated rings. The molecular weight excluding hydrogens is 176 g/mol. The molecule has 0 aliphatic rings. The highest BCUT2D eigenvalue weighted by Crippen LogP contribution is 1.97. The Morgan fingerprint density at radius 3 is 2.64 bits per heavy atom. The van der Waals surface area contributed by atoms with E-state index in [-0.39, 0.29) is 5.97 Å². The molecule has 0 amide bonds. The van der Waals surface area contributed by atoms with Gasteiger partial charge in [-0.1, -0.05) is 38.0 Å². The fraction of sp³-hybridized carbons (Fsp3) is 0.583. The molecule has 0 aromatic heterocycles. The van der Waals surface area contributed by atoms with Crippen molar-refractivity contribution in [2.75, 3.05) is 6.61 Å². The highest BCUT2D eigenvalue weighted by Gasteiger charge is 2.01. The molecule has 0 heterocycles. The molecule has 80 valence electrons. The van der Waals surface area contributed by atoms with Crippen LogP contribution < -0.4 is 0 Å². The smallest absolute Gasteiger partial charge is 0.333 e. The zero-order chi connectivity index (χ0) is 10.8. The minimum absolute atomic E-state index is 0.229. The molecule has 0 aliphatic heterocycles. The van der Waals surface area contributed by atoms with Gasteiger partial charge in [-0.05, 0) is 20.3 Å². The van der Waals surface area contributed by atoms with Gasteiger partial charge in [0.2, 0.25) is 0 Å². The lowest BCUT2D eigenvalue weighted by Crippen LogP contribution is -2.05. The molecule has 0 atom stereocenters. The molecule has 2 nitrogen and oxygen atoms in total. The summed E-state index contributed by atoms with van der Waals surface area (Å²) in [5.41, 5.74) is 0.659. The van der Waals surface area contributed by atoms with Crippen LogP contribution in [0.25, 0.3) is 0 Å². The zero-order valence-electron chi connectivity index (χ0n) is 9.38. The van der Waals surface area contributed by atoms with E-state index >= 15 is 0 Å². The zero-order valence-corrected chi connectivity index (χ0v) is 9.38. The van der Waals surface area contributed by atoms with E-state index in [4.69, 9.17) is 4.74 Å². The van der Waals surface area contributed by atoms with Crippen molar-refractivity contribution >= 4 is 5.97 Å². The third-order valence-electron chi connectivity index (χ3n) is 1.96. The van der Waals surface area contributed by atoms with E-state index in [0.29, 0.717) is 12.2 Å². The molecule has 0 aromatic carbocycles. The second kappa shape index (κ2) is 8.54. The fourth-order valence-corrected chi connectivity index (χ4v) is 0.863. The number of esters is 1. The van der Waals surface area contributed by atoms with Crippen LogP contribution >= 0.6 is 0 Å². The van der Waals surface area contributed by atoms with Crippen LogP contribution in [0.3, 0.4) is 0 Å². The van der Waals surface area contributed by atoms with Gasteiger partial charge in [-0.25, -0.2) is 4.79 Å². The van der Waals surface area contributed by atoms with E-state index < -0.39 is 0 Å². The maximum atomic E-state index is 11.1. The second-order valence-electron chi connectivity index (χ2n) is 3.18. The molecular formula is C12H20O2. The van der Waals surface area contributed by atoms with Crippen LogP contribution in [0.15, 0.2) is 23.8 Å². The Bertz CT molecular complexity index is 214. The lowest BCUT2D eigenvalue weighted by molar-refractivity contribution is -0.137. The second-order valence-corrected chi connectivity index (χ2v) is 3.18. The first kappa shape index (κ1) is 12.9. The van der Waals surface area contributed by atoms with Crippen molar-refractivity contribution in [3.05, 3.63) is 23.8 Å². The Labute approximate surface area is 86.6 Å². The largest absolute Gasteiger partial charge is 0.458 e. The molecule has 0 aliphatic carbocycles. The molecule has 0 bridgehead atoms. The lowest BCUT2D eigenvalue weighted by atomic mass is 10.2. The lowest BCUT2D eigenvalue weighted by Gasteiger charge is -2.00. The molecule has 0 radical (unpaired) electrons. The van der Waals surface area contributed by atoms with Crippen molar-refractivity contribution in [1.82, 2.24) is 0 Å². The number of rotatable bonds is 6. The van der Waals surface area contributed by atoms with Crippen LogP contribution in [-0.2, 0) is 9.53 Å². The van der Waals surface area contributed by atoms with Gasteiger partial charge < -0.3 is 4.74 Å². The summed E-state index contributed by atoms with van der Waals surface area (Å²) in [4.78, 5) is 11.1. The van der Waals surface area contributed by atoms with Gasteiger partial charge in [0.05, 0.1) is 0 Å². The maximum absolute atomic E-state index is 11.1. The minimum Gasteiger partial charge on any atom is -0.458 e. The van der Waals surface area contributed by atoms with Gasteiger partial charge in [0, 0.05) is 5.57 Å². The molecule has 0 rings (SSSR count). The molecule has 0 aromatic rings. The predicted molar refractivity (Wildman–Crippen MR) is 59.1 cm³/mol. The van der Waals surface area contributed by atoms with E-state index in [1.165, 1.54) is 12.8 Å².